The van der Waals surface area contributed by atoms with Gasteiger partial charge in [-0.3, -0.25) is 0 Å². The van der Waals surface area contributed by atoms with Gasteiger partial charge in [0.2, 0.25) is 0 Å². The first kappa shape index (κ1) is 19.7. The van der Waals surface area contributed by atoms with E-state index in [1.165, 1.54) is 19.3 Å². The number of hydrogen-bond acceptors (Lipinski definition) is 4. The van der Waals surface area contributed by atoms with Gasteiger partial charge in [0.05, 0.1) is 19.3 Å². The summed E-state index contributed by atoms with van der Waals surface area (Å²) in [6.07, 6.45) is 3.80. The van der Waals surface area contributed by atoms with Crippen LogP contribution in [0.5, 0.6) is 0 Å². The van der Waals surface area contributed by atoms with E-state index in [4.69, 9.17) is 9.47 Å². The maximum absolute atomic E-state index is 12.5. The van der Waals surface area contributed by atoms with Crippen LogP contribution in [-0.2, 0) is 16.1 Å². The second-order valence-electron chi connectivity index (χ2n) is 9.74. The van der Waals surface area contributed by atoms with Crippen LogP contribution in [0.3, 0.4) is 0 Å². The molecule has 1 heterocycles. The summed E-state index contributed by atoms with van der Waals surface area (Å²) in [5, 5.41) is 3.83. The first-order valence-corrected chi connectivity index (χ1v) is 10.7. The second kappa shape index (κ2) is 7.68. The molecule has 154 valence electrons. The minimum atomic E-state index is -0.246. The van der Waals surface area contributed by atoms with E-state index in [1.807, 2.05) is 30.3 Å². The number of ether oxygens (including phenoxy) is 2. The maximum Gasteiger partial charge on any atom is 0.410 e. The van der Waals surface area contributed by atoms with Crippen LogP contribution in [0.2, 0.25) is 0 Å². The molecule has 2 saturated carbocycles. The van der Waals surface area contributed by atoms with Crippen LogP contribution in [0.25, 0.3) is 0 Å². The molecule has 5 nitrogen and oxygen atoms in total. The molecule has 1 amide bonds. The lowest BCUT2D eigenvalue weighted by molar-refractivity contribution is -0.0324. The van der Waals surface area contributed by atoms with Crippen molar-refractivity contribution in [2.45, 2.75) is 58.8 Å². The van der Waals surface area contributed by atoms with Crippen molar-refractivity contribution >= 4 is 6.09 Å². The number of benzene rings is 1. The molecule has 0 spiro atoms. The number of carbonyl (C=O) groups is 1. The summed E-state index contributed by atoms with van der Waals surface area (Å²) < 4.78 is 11.4. The van der Waals surface area contributed by atoms with Crippen LogP contribution in [0.1, 0.15) is 45.6 Å². The quantitative estimate of drug-likeness (QED) is 0.836. The summed E-state index contributed by atoms with van der Waals surface area (Å²) in [6.45, 7) is 10.1. The first-order valence-electron chi connectivity index (χ1n) is 10.7. The Hall–Kier alpha value is -1.59. The molecule has 0 radical (unpaired) electrons. The van der Waals surface area contributed by atoms with Crippen molar-refractivity contribution in [3.05, 3.63) is 35.9 Å². The summed E-state index contributed by atoms with van der Waals surface area (Å²) in [6, 6.07) is 10.3. The fraction of sp³-hybridized carbons (Fsp3) is 0.696. The number of morpholine rings is 1. The summed E-state index contributed by atoms with van der Waals surface area (Å²) in [4.78, 5) is 14.2. The van der Waals surface area contributed by atoms with Gasteiger partial charge in [-0.1, -0.05) is 51.1 Å². The first-order chi connectivity index (χ1) is 13.4. The molecule has 5 heteroatoms. The van der Waals surface area contributed by atoms with Crippen LogP contribution < -0.4 is 5.32 Å². The Morgan fingerprint density at radius 3 is 2.79 bits per heavy atom. The number of nitrogens with zero attached hydrogens (tertiary/aromatic N) is 1. The third kappa shape index (κ3) is 3.79. The standard InChI is InChI=1S/C23H34N2O3/c1-22(2)18-9-10-23(3,13-18)20(22)24-14-19-15-25(11-12-27-19)21(26)28-16-17-7-5-4-6-8-17/h4-8,18-20,24H,9-16H2,1-3H3. The van der Waals surface area contributed by atoms with Gasteiger partial charge < -0.3 is 19.7 Å². The van der Waals surface area contributed by atoms with E-state index in [0.717, 1.165) is 18.0 Å². The predicted octanol–water partition coefficient (Wildman–Crippen LogP) is 3.83. The number of rotatable bonds is 5. The van der Waals surface area contributed by atoms with Gasteiger partial charge in [0.15, 0.2) is 0 Å². The molecule has 3 aliphatic rings. The molecule has 4 rings (SSSR count). The SMILES string of the molecule is CC12CCC(C1)C(C)(C)C2NCC1CN(C(=O)OCc2ccccc2)CCO1. The van der Waals surface area contributed by atoms with Gasteiger partial charge in [0.1, 0.15) is 6.61 Å². The smallest absolute Gasteiger partial charge is 0.410 e. The molecule has 4 unspecified atom stereocenters. The minimum Gasteiger partial charge on any atom is -0.445 e. The third-order valence-electron chi connectivity index (χ3n) is 7.42. The molecule has 2 bridgehead atoms. The lowest BCUT2D eigenvalue weighted by Crippen LogP contribution is -2.55. The number of hydrogen-bond donors (Lipinski definition) is 1. The molecular formula is C23H34N2O3. The molecule has 28 heavy (non-hydrogen) atoms. The maximum atomic E-state index is 12.5. The van der Waals surface area contributed by atoms with Crippen molar-refractivity contribution in [2.24, 2.45) is 16.7 Å². The minimum absolute atomic E-state index is 0.0246. The third-order valence-corrected chi connectivity index (χ3v) is 7.42. The van der Waals surface area contributed by atoms with Gasteiger partial charge >= 0.3 is 6.09 Å². The zero-order valence-electron chi connectivity index (χ0n) is 17.4. The summed E-state index contributed by atoms with van der Waals surface area (Å²) >= 11 is 0. The highest BCUT2D eigenvalue weighted by atomic mass is 16.6. The van der Waals surface area contributed by atoms with Gasteiger partial charge in [-0.15, -0.1) is 0 Å². The highest BCUT2D eigenvalue weighted by Gasteiger charge is 2.59. The van der Waals surface area contributed by atoms with Crippen molar-refractivity contribution in [3.63, 3.8) is 0 Å². The zero-order chi connectivity index (χ0) is 19.8. The van der Waals surface area contributed by atoms with E-state index in [9.17, 15) is 4.79 Å². The van der Waals surface area contributed by atoms with Crippen LogP contribution in [0.4, 0.5) is 4.79 Å². The predicted molar refractivity (Wildman–Crippen MR) is 109 cm³/mol. The highest BCUT2D eigenvalue weighted by Crippen LogP contribution is 2.62. The molecule has 1 aromatic rings. The average molecular weight is 387 g/mol. The lowest BCUT2D eigenvalue weighted by Gasteiger charge is -2.44. The molecule has 0 aromatic heterocycles. The van der Waals surface area contributed by atoms with Crippen molar-refractivity contribution in [1.82, 2.24) is 10.2 Å². The Morgan fingerprint density at radius 1 is 1.29 bits per heavy atom. The fourth-order valence-corrected chi connectivity index (χ4v) is 5.88. The Morgan fingerprint density at radius 2 is 2.07 bits per heavy atom. The van der Waals surface area contributed by atoms with Crippen molar-refractivity contribution in [2.75, 3.05) is 26.2 Å². The van der Waals surface area contributed by atoms with Gasteiger partial charge in [-0.2, -0.15) is 0 Å². The van der Waals surface area contributed by atoms with Gasteiger partial charge in [0.25, 0.3) is 0 Å². The molecule has 4 atom stereocenters. The number of amides is 1. The number of nitrogens with one attached hydrogen (secondary N) is 1. The molecule has 1 aromatic carbocycles. The lowest BCUT2D eigenvalue weighted by atomic mass is 9.68. The molecular weight excluding hydrogens is 352 g/mol. The molecule has 1 aliphatic heterocycles. The van der Waals surface area contributed by atoms with E-state index < -0.39 is 0 Å². The fourth-order valence-electron chi connectivity index (χ4n) is 5.88. The monoisotopic (exact) mass is 386 g/mol. The normalized spacial score (nSPS) is 33.8. The Balaban J connectivity index is 1.28. The van der Waals surface area contributed by atoms with Crippen molar-refractivity contribution in [3.8, 4) is 0 Å². The van der Waals surface area contributed by atoms with Crippen LogP contribution >= 0.6 is 0 Å². The Labute approximate surface area is 168 Å². The van der Waals surface area contributed by atoms with Gasteiger partial charge in [-0.25, -0.2) is 4.79 Å². The molecule has 2 aliphatic carbocycles. The zero-order valence-corrected chi connectivity index (χ0v) is 17.4. The molecule has 1 saturated heterocycles. The Kier molecular flexibility index (Phi) is 5.41. The van der Waals surface area contributed by atoms with Gasteiger partial charge in [0, 0.05) is 19.1 Å². The van der Waals surface area contributed by atoms with Crippen LogP contribution in [-0.4, -0.2) is 49.4 Å². The van der Waals surface area contributed by atoms with Crippen LogP contribution in [0, 0.1) is 16.7 Å². The van der Waals surface area contributed by atoms with E-state index in [2.05, 4.69) is 26.1 Å². The number of fused-ring (bicyclic) bond motifs is 2. The van der Waals surface area contributed by atoms with Crippen molar-refractivity contribution < 1.29 is 14.3 Å². The van der Waals surface area contributed by atoms with Gasteiger partial charge in [-0.05, 0) is 41.6 Å². The summed E-state index contributed by atoms with van der Waals surface area (Å²) in [5.41, 5.74) is 1.74. The van der Waals surface area contributed by atoms with E-state index in [-0.39, 0.29) is 12.2 Å². The summed E-state index contributed by atoms with van der Waals surface area (Å²) in [7, 11) is 0. The average Bonchev–Trinajstić information content (AvgIpc) is 3.18. The summed E-state index contributed by atoms with van der Waals surface area (Å²) in [5.74, 6) is 0.826. The van der Waals surface area contributed by atoms with E-state index >= 15 is 0 Å². The topological polar surface area (TPSA) is 50.8 Å². The van der Waals surface area contributed by atoms with Crippen molar-refractivity contribution in [1.29, 1.82) is 0 Å². The van der Waals surface area contributed by atoms with E-state index in [1.54, 1.807) is 4.90 Å². The van der Waals surface area contributed by atoms with Crippen LogP contribution in [0.15, 0.2) is 30.3 Å². The largest absolute Gasteiger partial charge is 0.445 e. The Bertz CT molecular complexity index is 688. The molecule has 1 N–H and O–H groups in total. The second-order valence-corrected chi connectivity index (χ2v) is 9.74. The van der Waals surface area contributed by atoms with E-state index in [0.29, 0.717) is 43.2 Å². The highest BCUT2D eigenvalue weighted by molar-refractivity contribution is 5.67. The molecule has 3 fully saturated rings. The number of carbonyl (C=O) groups excluding carboxylic acids is 1.